The quantitative estimate of drug-likeness (QED) is 0.523. The number of ether oxygens (including phenoxy) is 1. The second-order valence-corrected chi connectivity index (χ2v) is 7.69. The lowest BCUT2D eigenvalue weighted by molar-refractivity contribution is 0.0975. The van der Waals surface area contributed by atoms with Crippen LogP contribution in [0, 0.1) is 0 Å². The molecule has 0 N–H and O–H groups in total. The minimum Gasteiger partial charge on any atom is -0.500 e. The monoisotopic (exact) mass is 402 g/mol. The normalized spacial score (nSPS) is 15.4. The number of rotatable bonds is 5. The van der Waals surface area contributed by atoms with Gasteiger partial charge in [0.05, 0.1) is 12.5 Å². The Morgan fingerprint density at radius 1 is 0.967 bits per heavy atom. The molecule has 0 spiro atoms. The van der Waals surface area contributed by atoms with Crippen LogP contribution in [0.5, 0.6) is 0 Å². The second-order valence-electron chi connectivity index (χ2n) is 7.69. The maximum atomic E-state index is 13.2. The fourth-order valence-corrected chi connectivity index (χ4v) is 4.80. The molecule has 0 fully saturated rings. The van der Waals surface area contributed by atoms with Crippen LogP contribution < -0.4 is 5.43 Å². The zero-order valence-corrected chi connectivity index (χ0v) is 17.9. The average molecular weight is 402 g/mol. The maximum absolute atomic E-state index is 13.2. The highest BCUT2D eigenvalue weighted by Gasteiger charge is 2.47. The number of benzene rings is 2. The van der Waals surface area contributed by atoms with Crippen LogP contribution in [0.15, 0.2) is 69.1 Å². The van der Waals surface area contributed by atoms with E-state index in [1.54, 1.807) is 7.11 Å². The highest BCUT2D eigenvalue weighted by Crippen LogP contribution is 2.47. The first-order valence-electron chi connectivity index (χ1n) is 10.5. The summed E-state index contributed by atoms with van der Waals surface area (Å²) in [5.41, 5.74) is 0.630. The molecule has 1 aromatic heterocycles. The highest BCUT2D eigenvalue weighted by atomic mass is 16.5. The van der Waals surface area contributed by atoms with Crippen molar-refractivity contribution in [3.8, 4) is 11.3 Å². The summed E-state index contributed by atoms with van der Waals surface area (Å²) in [4.78, 5) is 26.5. The van der Waals surface area contributed by atoms with Gasteiger partial charge in [-0.25, -0.2) is 0 Å². The molecular formula is C26H26O4. The van der Waals surface area contributed by atoms with Gasteiger partial charge in [-0.1, -0.05) is 63.2 Å². The lowest BCUT2D eigenvalue weighted by atomic mass is 9.69. The van der Waals surface area contributed by atoms with E-state index >= 15 is 0 Å². The molecule has 0 saturated carbocycles. The molecule has 0 radical (unpaired) electrons. The van der Waals surface area contributed by atoms with E-state index in [9.17, 15) is 9.59 Å². The van der Waals surface area contributed by atoms with Gasteiger partial charge < -0.3 is 9.15 Å². The lowest BCUT2D eigenvalue weighted by Gasteiger charge is -2.37. The van der Waals surface area contributed by atoms with Crippen molar-refractivity contribution < 1.29 is 13.9 Å². The van der Waals surface area contributed by atoms with Crippen molar-refractivity contribution in [2.75, 3.05) is 7.11 Å². The predicted octanol–water partition coefficient (Wildman–Crippen LogP) is 6.02. The Balaban J connectivity index is 2.07. The van der Waals surface area contributed by atoms with Crippen LogP contribution >= 0.6 is 0 Å². The minimum atomic E-state index is -0.636. The van der Waals surface area contributed by atoms with Crippen molar-refractivity contribution in [1.82, 2.24) is 0 Å². The van der Waals surface area contributed by atoms with Gasteiger partial charge in [-0.3, -0.25) is 9.59 Å². The van der Waals surface area contributed by atoms with Gasteiger partial charge in [-0.15, -0.1) is 0 Å². The predicted molar refractivity (Wildman–Crippen MR) is 119 cm³/mol. The van der Waals surface area contributed by atoms with E-state index in [1.165, 1.54) is 6.07 Å². The van der Waals surface area contributed by atoms with Crippen molar-refractivity contribution in [2.24, 2.45) is 0 Å². The van der Waals surface area contributed by atoms with E-state index in [1.807, 2.05) is 63.2 Å². The molecule has 3 aromatic rings. The third-order valence-electron chi connectivity index (χ3n) is 6.41. The van der Waals surface area contributed by atoms with E-state index in [0.29, 0.717) is 42.1 Å². The van der Waals surface area contributed by atoms with Crippen LogP contribution in [0.25, 0.3) is 22.1 Å². The molecule has 154 valence electrons. The number of carbonyl (C=O) groups is 1. The van der Waals surface area contributed by atoms with Crippen molar-refractivity contribution in [1.29, 1.82) is 0 Å². The molecule has 0 amide bonds. The highest BCUT2D eigenvalue weighted by molar-refractivity contribution is 6.11. The van der Waals surface area contributed by atoms with Crippen LogP contribution in [0.2, 0.25) is 0 Å². The number of hydrogen-bond donors (Lipinski definition) is 0. The number of allylic oxidation sites excluding steroid dienone is 2. The Kier molecular flexibility index (Phi) is 5.10. The van der Waals surface area contributed by atoms with E-state index in [4.69, 9.17) is 9.15 Å². The van der Waals surface area contributed by atoms with Gasteiger partial charge in [0.25, 0.3) is 0 Å². The van der Waals surface area contributed by atoms with Crippen molar-refractivity contribution >= 4 is 16.6 Å². The molecule has 4 nitrogen and oxygen atoms in total. The molecule has 1 aliphatic carbocycles. The zero-order chi connectivity index (χ0) is 21.5. The van der Waals surface area contributed by atoms with Gasteiger partial charge in [0, 0.05) is 17.2 Å². The first kappa shape index (κ1) is 20.1. The zero-order valence-electron chi connectivity index (χ0n) is 17.9. The summed E-state index contributed by atoms with van der Waals surface area (Å²) in [6.45, 7) is 6.00. The summed E-state index contributed by atoms with van der Waals surface area (Å²) in [5, 5.41) is 2.06. The fraction of sp³-hybridized carbons (Fsp3) is 0.308. The molecule has 0 aliphatic heterocycles. The molecule has 1 heterocycles. The standard InChI is InChI=1S/C26H26O4/c1-5-17-23(28)22-20(27)15-21(19-14-10-12-16-11-8-9-13-18(16)19)30-25(22)26(6-2,7-3)24(17)29-4/h8-15H,5-7H2,1-4H3. The molecule has 4 rings (SSSR count). The molecule has 0 saturated heterocycles. The summed E-state index contributed by atoms with van der Waals surface area (Å²) < 4.78 is 12.2. The number of hydrogen-bond acceptors (Lipinski definition) is 4. The third kappa shape index (κ3) is 2.74. The van der Waals surface area contributed by atoms with Gasteiger partial charge in [0.1, 0.15) is 22.8 Å². The summed E-state index contributed by atoms with van der Waals surface area (Å²) in [5.74, 6) is 1.26. The van der Waals surface area contributed by atoms with Gasteiger partial charge in [0.15, 0.2) is 11.2 Å². The summed E-state index contributed by atoms with van der Waals surface area (Å²) in [6.07, 6.45) is 1.84. The maximum Gasteiger partial charge on any atom is 0.199 e. The number of carbonyl (C=O) groups excluding carboxylic acids is 1. The Morgan fingerprint density at radius 3 is 2.33 bits per heavy atom. The van der Waals surface area contributed by atoms with Crippen molar-refractivity contribution in [3.05, 3.63) is 81.4 Å². The number of Topliss-reactive ketones (excluding diaryl/α,β-unsaturated/α-hetero) is 1. The fourth-order valence-electron chi connectivity index (χ4n) is 4.80. The smallest absolute Gasteiger partial charge is 0.199 e. The van der Waals surface area contributed by atoms with Gasteiger partial charge in [-0.2, -0.15) is 0 Å². The third-order valence-corrected chi connectivity index (χ3v) is 6.41. The Hall–Kier alpha value is -3.14. The number of methoxy groups -OCH3 is 1. The second kappa shape index (κ2) is 7.60. The average Bonchev–Trinajstić information content (AvgIpc) is 2.78. The van der Waals surface area contributed by atoms with E-state index in [-0.39, 0.29) is 16.8 Å². The summed E-state index contributed by atoms with van der Waals surface area (Å²) in [7, 11) is 1.59. The number of fused-ring (bicyclic) bond motifs is 2. The Labute approximate surface area is 176 Å². The minimum absolute atomic E-state index is 0.153. The molecule has 1 aliphatic rings. The van der Waals surface area contributed by atoms with Crippen LogP contribution in [0.3, 0.4) is 0 Å². The SMILES string of the molecule is CCC1=C(OC)C(CC)(CC)c2oc(-c3cccc4ccccc34)cc(=O)c2C1=O. The molecule has 30 heavy (non-hydrogen) atoms. The summed E-state index contributed by atoms with van der Waals surface area (Å²) >= 11 is 0. The Morgan fingerprint density at radius 2 is 1.67 bits per heavy atom. The molecular weight excluding hydrogens is 376 g/mol. The van der Waals surface area contributed by atoms with E-state index in [0.717, 1.165) is 16.3 Å². The molecule has 4 heteroatoms. The van der Waals surface area contributed by atoms with Crippen LogP contribution in [-0.2, 0) is 10.2 Å². The van der Waals surface area contributed by atoms with E-state index in [2.05, 4.69) is 0 Å². The molecule has 0 atom stereocenters. The summed E-state index contributed by atoms with van der Waals surface area (Å²) in [6, 6.07) is 15.4. The Bertz CT molecular complexity index is 1220. The van der Waals surface area contributed by atoms with Gasteiger partial charge in [0.2, 0.25) is 0 Å². The number of ketones is 1. The van der Waals surface area contributed by atoms with Crippen LogP contribution in [0.1, 0.15) is 56.2 Å². The first-order chi connectivity index (χ1) is 14.5. The van der Waals surface area contributed by atoms with Gasteiger partial charge >= 0.3 is 0 Å². The lowest BCUT2D eigenvalue weighted by Crippen LogP contribution is -2.39. The molecule has 0 bridgehead atoms. The largest absolute Gasteiger partial charge is 0.500 e. The first-order valence-corrected chi connectivity index (χ1v) is 10.5. The van der Waals surface area contributed by atoms with Crippen molar-refractivity contribution in [2.45, 2.75) is 45.4 Å². The van der Waals surface area contributed by atoms with Crippen LogP contribution in [0.4, 0.5) is 0 Å². The van der Waals surface area contributed by atoms with Gasteiger partial charge in [-0.05, 0) is 30.0 Å². The van der Waals surface area contributed by atoms with Crippen LogP contribution in [-0.4, -0.2) is 12.9 Å². The topological polar surface area (TPSA) is 56.5 Å². The molecule has 2 aromatic carbocycles. The molecule has 0 unspecified atom stereocenters. The van der Waals surface area contributed by atoms with Crippen molar-refractivity contribution in [3.63, 3.8) is 0 Å². The van der Waals surface area contributed by atoms with E-state index < -0.39 is 5.41 Å².